The molecule has 0 saturated heterocycles. The predicted octanol–water partition coefficient (Wildman–Crippen LogP) is 1.35. The van der Waals surface area contributed by atoms with Crippen LogP contribution in [0.3, 0.4) is 0 Å². The number of tetrazole rings is 1. The minimum Gasteiger partial charge on any atom is -0.355 e. The number of carbonyl (C=O) groups excluding carboxylic acids is 1. The van der Waals surface area contributed by atoms with Crippen LogP contribution in [0, 0.1) is 19.3 Å². The van der Waals surface area contributed by atoms with Gasteiger partial charge in [-0.05, 0) is 56.0 Å². The second-order valence-electron chi connectivity index (χ2n) is 7.61. The van der Waals surface area contributed by atoms with Crippen LogP contribution in [0.2, 0.25) is 0 Å². The van der Waals surface area contributed by atoms with E-state index in [1.165, 1.54) is 5.69 Å². The minimum absolute atomic E-state index is 0.0533. The lowest BCUT2D eigenvalue weighted by atomic mass is 10.0. The van der Waals surface area contributed by atoms with Crippen LogP contribution in [0.1, 0.15) is 55.2 Å². The van der Waals surface area contributed by atoms with Gasteiger partial charge in [0.2, 0.25) is 5.91 Å². The molecular weight excluding hydrogens is 318 g/mol. The van der Waals surface area contributed by atoms with Gasteiger partial charge in [0, 0.05) is 30.7 Å². The van der Waals surface area contributed by atoms with Crippen molar-refractivity contribution in [2.45, 2.75) is 65.0 Å². The van der Waals surface area contributed by atoms with Crippen LogP contribution in [0.4, 0.5) is 0 Å². The van der Waals surface area contributed by atoms with E-state index in [1.807, 2.05) is 6.92 Å². The summed E-state index contributed by atoms with van der Waals surface area (Å²) in [4.78, 5) is 12.8. The number of amides is 1. The van der Waals surface area contributed by atoms with Crippen molar-refractivity contribution in [3.63, 3.8) is 0 Å². The molecule has 2 aliphatic rings. The summed E-state index contributed by atoms with van der Waals surface area (Å²) in [7, 11) is 0. The lowest BCUT2D eigenvalue weighted by Gasteiger charge is -2.19. The highest BCUT2D eigenvalue weighted by atomic mass is 16.2. The quantitative estimate of drug-likeness (QED) is 0.885. The summed E-state index contributed by atoms with van der Waals surface area (Å²) in [6.45, 7) is 6.46. The Balaban J connectivity index is 1.40. The van der Waals surface area contributed by atoms with Crippen LogP contribution in [-0.2, 0) is 17.9 Å². The smallest absolute Gasteiger partial charge is 0.230 e. The summed E-state index contributed by atoms with van der Waals surface area (Å²) >= 11 is 0. The molecule has 1 N–H and O–H groups in total. The van der Waals surface area contributed by atoms with E-state index in [4.69, 9.17) is 0 Å². The first-order valence-electron chi connectivity index (χ1n) is 9.11. The molecule has 8 nitrogen and oxygen atoms in total. The zero-order valence-corrected chi connectivity index (χ0v) is 14.9. The molecule has 134 valence electrons. The maximum absolute atomic E-state index is 12.8. The van der Waals surface area contributed by atoms with E-state index in [-0.39, 0.29) is 17.2 Å². The molecule has 3 heterocycles. The van der Waals surface area contributed by atoms with Crippen LogP contribution in [0.15, 0.2) is 6.07 Å². The van der Waals surface area contributed by atoms with Gasteiger partial charge in [0.05, 0.1) is 11.6 Å². The van der Waals surface area contributed by atoms with Gasteiger partial charge in [0.25, 0.3) is 0 Å². The Kier molecular flexibility index (Phi) is 4.05. The monoisotopic (exact) mass is 343 g/mol. The fourth-order valence-electron chi connectivity index (χ4n) is 3.73. The topological polar surface area (TPSA) is 90.5 Å². The van der Waals surface area contributed by atoms with E-state index in [0.717, 1.165) is 50.9 Å². The van der Waals surface area contributed by atoms with Gasteiger partial charge in [-0.25, -0.2) is 4.68 Å². The Morgan fingerprint density at radius 1 is 1.36 bits per heavy atom. The molecule has 1 aliphatic carbocycles. The highest BCUT2D eigenvalue weighted by Gasteiger charge is 2.44. The molecule has 2 aromatic heterocycles. The van der Waals surface area contributed by atoms with E-state index in [9.17, 15) is 4.79 Å². The molecule has 1 saturated carbocycles. The van der Waals surface area contributed by atoms with Gasteiger partial charge in [0.15, 0.2) is 5.82 Å². The van der Waals surface area contributed by atoms with Crippen molar-refractivity contribution < 1.29 is 4.79 Å². The Hall–Kier alpha value is -2.25. The molecule has 4 rings (SSSR count). The van der Waals surface area contributed by atoms with E-state index < -0.39 is 0 Å². The van der Waals surface area contributed by atoms with E-state index >= 15 is 0 Å². The van der Waals surface area contributed by atoms with Crippen molar-refractivity contribution >= 4 is 5.91 Å². The number of nitrogens with one attached hydrogen (secondary N) is 1. The molecule has 1 atom stereocenters. The number of nitrogens with zero attached hydrogens (tertiary/aromatic N) is 6. The van der Waals surface area contributed by atoms with Gasteiger partial charge >= 0.3 is 0 Å². The Labute approximate surface area is 147 Å². The number of fused-ring (bicyclic) bond motifs is 1. The summed E-state index contributed by atoms with van der Waals surface area (Å²) < 4.78 is 3.85. The minimum atomic E-state index is -0.234. The van der Waals surface area contributed by atoms with E-state index in [2.05, 4.69) is 43.6 Å². The molecule has 1 amide bonds. The third-order valence-electron chi connectivity index (χ3n) is 5.48. The standard InChI is InChI=1S/C17H25N7O/c1-12-9-13(2)24(20-12)11-17(6-7-17)10-18-16(25)14-5-3-4-8-23-15(14)19-21-22-23/h9,14H,3-8,10-11H2,1-2H3,(H,18,25)/t14-/m1/s1. The van der Waals surface area contributed by atoms with Gasteiger partial charge in [0.1, 0.15) is 0 Å². The van der Waals surface area contributed by atoms with Crippen molar-refractivity contribution in [3.05, 3.63) is 23.3 Å². The first-order valence-corrected chi connectivity index (χ1v) is 9.11. The Bertz CT molecular complexity index is 774. The third-order valence-corrected chi connectivity index (χ3v) is 5.48. The van der Waals surface area contributed by atoms with Gasteiger partial charge in [-0.3, -0.25) is 9.48 Å². The van der Waals surface area contributed by atoms with E-state index in [1.54, 1.807) is 4.68 Å². The molecular formula is C17H25N7O. The molecule has 0 bridgehead atoms. The second kappa shape index (κ2) is 6.24. The van der Waals surface area contributed by atoms with E-state index in [0.29, 0.717) is 12.4 Å². The molecule has 1 fully saturated rings. The second-order valence-corrected chi connectivity index (χ2v) is 7.61. The number of rotatable bonds is 5. The largest absolute Gasteiger partial charge is 0.355 e. The summed E-state index contributed by atoms with van der Waals surface area (Å²) in [6.07, 6.45) is 5.11. The fraction of sp³-hybridized carbons (Fsp3) is 0.706. The summed E-state index contributed by atoms with van der Waals surface area (Å²) in [5, 5.41) is 19.6. The molecule has 0 radical (unpaired) electrons. The molecule has 0 spiro atoms. The molecule has 0 unspecified atom stereocenters. The summed E-state index contributed by atoms with van der Waals surface area (Å²) in [5.41, 5.74) is 2.37. The number of hydrogen-bond acceptors (Lipinski definition) is 5. The molecule has 8 heteroatoms. The van der Waals surface area contributed by atoms with Gasteiger partial charge in [-0.2, -0.15) is 5.10 Å². The zero-order chi connectivity index (χ0) is 17.4. The zero-order valence-electron chi connectivity index (χ0n) is 14.9. The van der Waals surface area contributed by atoms with Crippen LogP contribution in [-0.4, -0.2) is 42.4 Å². The van der Waals surface area contributed by atoms with Gasteiger partial charge in [-0.1, -0.05) is 6.42 Å². The van der Waals surface area contributed by atoms with Gasteiger partial charge in [-0.15, -0.1) is 5.10 Å². The highest BCUT2D eigenvalue weighted by molar-refractivity contribution is 5.82. The Morgan fingerprint density at radius 3 is 2.92 bits per heavy atom. The lowest BCUT2D eigenvalue weighted by molar-refractivity contribution is -0.123. The van der Waals surface area contributed by atoms with Crippen molar-refractivity contribution in [1.29, 1.82) is 0 Å². The number of aromatic nitrogens is 6. The normalized spacial score (nSPS) is 21.4. The number of hydrogen-bond donors (Lipinski definition) is 1. The number of carbonyl (C=O) groups is 1. The third kappa shape index (κ3) is 3.29. The molecule has 1 aliphatic heterocycles. The average molecular weight is 343 g/mol. The first-order chi connectivity index (χ1) is 12.1. The first kappa shape index (κ1) is 16.2. The van der Waals surface area contributed by atoms with Crippen LogP contribution < -0.4 is 5.32 Å². The predicted molar refractivity (Wildman–Crippen MR) is 90.8 cm³/mol. The van der Waals surface area contributed by atoms with Crippen molar-refractivity contribution in [2.24, 2.45) is 5.41 Å². The van der Waals surface area contributed by atoms with Crippen molar-refractivity contribution in [1.82, 2.24) is 35.3 Å². The molecule has 25 heavy (non-hydrogen) atoms. The van der Waals surface area contributed by atoms with Crippen molar-refractivity contribution in [2.75, 3.05) is 6.54 Å². The maximum Gasteiger partial charge on any atom is 0.230 e. The lowest BCUT2D eigenvalue weighted by Crippen LogP contribution is -2.36. The molecule has 2 aromatic rings. The van der Waals surface area contributed by atoms with Crippen LogP contribution in [0.5, 0.6) is 0 Å². The fourth-order valence-corrected chi connectivity index (χ4v) is 3.73. The Morgan fingerprint density at radius 2 is 2.20 bits per heavy atom. The van der Waals surface area contributed by atoms with Crippen molar-refractivity contribution in [3.8, 4) is 0 Å². The highest BCUT2D eigenvalue weighted by Crippen LogP contribution is 2.46. The average Bonchev–Trinajstić information content (AvgIpc) is 3.15. The SMILES string of the molecule is Cc1cc(C)n(CC2(CNC(=O)[C@@H]3CCCCn4nnnc43)CC2)n1. The van der Waals surface area contributed by atoms with Gasteiger partial charge < -0.3 is 5.32 Å². The van der Waals surface area contributed by atoms with Crippen LogP contribution >= 0.6 is 0 Å². The number of aryl methyl sites for hydroxylation is 3. The molecule has 0 aromatic carbocycles. The van der Waals surface area contributed by atoms with Crippen LogP contribution in [0.25, 0.3) is 0 Å². The summed E-state index contributed by atoms with van der Waals surface area (Å²) in [5.74, 6) is 0.526. The maximum atomic E-state index is 12.8. The summed E-state index contributed by atoms with van der Waals surface area (Å²) in [6, 6.07) is 2.10.